The lowest BCUT2D eigenvalue weighted by Gasteiger charge is -2.30. The number of nitrogens with zero attached hydrogens (tertiary/aromatic N) is 2. The van der Waals surface area contributed by atoms with Crippen LogP contribution in [0, 0.1) is 0 Å². The molecular weight excluding hydrogens is 294 g/mol. The predicted octanol–water partition coefficient (Wildman–Crippen LogP) is 0.240. The van der Waals surface area contributed by atoms with Gasteiger partial charge >= 0.3 is 0 Å². The molecule has 8 heteroatoms. The number of piperidine rings is 1. The van der Waals surface area contributed by atoms with Crippen molar-refractivity contribution in [2.45, 2.75) is 30.5 Å². The predicted molar refractivity (Wildman–Crippen MR) is 77.1 cm³/mol. The number of carbonyl (C=O) groups is 1. The van der Waals surface area contributed by atoms with E-state index in [0.29, 0.717) is 25.3 Å². The zero-order chi connectivity index (χ0) is 15.6. The Hall–Kier alpha value is -1.38. The first kappa shape index (κ1) is 16.0. The van der Waals surface area contributed by atoms with Crippen molar-refractivity contribution < 1.29 is 17.6 Å². The molecule has 1 fully saturated rings. The van der Waals surface area contributed by atoms with Crippen LogP contribution in [0.1, 0.15) is 18.6 Å². The number of sulfonamides is 1. The Kier molecular flexibility index (Phi) is 4.70. The smallest absolute Gasteiger partial charge is 0.275 e. The monoisotopic (exact) mass is 315 g/mol. The fourth-order valence-electron chi connectivity index (χ4n) is 2.20. The number of hydrogen-bond donors (Lipinski definition) is 1. The van der Waals surface area contributed by atoms with Crippen LogP contribution in [0.4, 0.5) is 0 Å². The van der Waals surface area contributed by atoms with Crippen LogP contribution in [0.5, 0.6) is 0 Å². The second kappa shape index (κ2) is 6.17. The van der Waals surface area contributed by atoms with E-state index < -0.39 is 10.0 Å². The van der Waals surface area contributed by atoms with Gasteiger partial charge in [0, 0.05) is 40.2 Å². The molecule has 2 heterocycles. The molecule has 118 valence electrons. The maximum absolute atomic E-state index is 11.9. The van der Waals surface area contributed by atoms with E-state index in [1.54, 1.807) is 18.0 Å². The first-order valence-corrected chi connectivity index (χ1v) is 8.23. The molecule has 0 aliphatic carbocycles. The van der Waals surface area contributed by atoms with Gasteiger partial charge in [-0.25, -0.2) is 12.7 Å². The summed E-state index contributed by atoms with van der Waals surface area (Å²) in [4.78, 5) is 13.1. The molecule has 0 aromatic carbocycles. The van der Waals surface area contributed by atoms with Crippen LogP contribution in [0.2, 0.25) is 0 Å². The Bertz CT molecular complexity index is 609. The zero-order valence-corrected chi connectivity index (χ0v) is 13.3. The van der Waals surface area contributed by atoms with E-state index in [0.717, 1.165) is 10.7 Å². The molecule has 1 atom stereocenters. The van der Waals surface area contributed by atoms with E-state index >= 15 is 0 Å². The van der Waals surface area contributed by atoms with Crippen LogP contribution in [-0.2, 0) is 21.4 Å². The van der Waals surface area contributed by atoms with Crippen molar-refractivity contribution in [3.63, 3.8) is 0 Å². The van der Waals surface area contributed by atoms with Gasteiger partial charge < -0.3 is 14.6 Å². The van der Waals surface area contributed by atoms with Crippen LogP contribution in [0.3, 0.4) is 0 Å². The summed E-state index contributed by atoms with van der Waals surface area (Å²) in [6.45, 7) is 1.10. The Morgan fingerprint density at radius 3 is 2.76 bits per heavy atom. The Balaban J connectivity index is 1.93. The molecule has 7 nitrogen and oxygen atoms in total. The molecule has 0 radical (unpaired) electrons. The van der Waals surface area contributed by atoms with E-state index in [4.69, 9.17) is 4.42 Å². The summed E-state index contributed by atoms with van der Waals surface area (Å²) in [7, 11) is 1.18. The molecule has 21 heavy (non-hydrogen) atoms. The van der Waals surface area contributed by atoms with Gasteiger partial charge in [0.05, 0.1) is 6.54 Å². The highest BCUT2D eigenvalue weighted by Gasteiger charge is 2.24. The molecule has 1 aromatic rings. The van der Waals surface area contributed by atoms with Crippen LogP contribution < -0.4 is 5.32 Å². The largest absolute Gasteiger partial charge is 0.447 e. The van der Waals surface area contributed by atoms with Crippen molar-refractivity contribution in [2.75, 3.05) is 27.7 Å². The Morgan fingerprint density at radius 1 is 1.43 bits per heavy atom. The average molecular weight is 315 g/mol. The van der Waals surface area contributed by atoms with Crippen molar-refractivity contribution >= 4 is 15.9 Å². The summed E-state index contributed by atoms with van der Waals surface area (Å²) >= 11 is 0. The number of carbonyl (C=O) groups excluding carboxylic acids is 1. The van der Waals surface area contributed by atoms with Gasteiger partial charge in [0.25, 0.3) is 10.0 Å². The van der Waals surface area contributed by atoms with Gasteiger partial charge in [-0.15, -0.1) is 0 Å². The molecule has 1 aliphatic rings. The molecule has 1 amide bonds. The average Bonchev–Trinajstić information content (AvgIpc) is 2.89. The molecule has 2 rings (SSSR count). The molecule has 1 saturated heterocycles. The summed E-state index contributed by atoms with van der Waals surface area (Å²) in [6.07, 6.45) is 1.32. The number of nitrogens with one attached hydrogen (secondary N) is 1. The maximum atomic E-state index is 11.9. The number of amides is 1. The molecule has 0 bridgehead atoms. The summed E-state index contributed by atoms with van der Waals surface area (Å²) < 4.78 is 30.3. The second-order valence-electron chi connectivity index (χ2n) is 5.40. The quantitative estimate of drug-likeness (QED) is 0.841. The van der Waals surface area contributed by atoms with E-state index in [2.05, 4.69) is 5.32 Å². The van der Waals surface area contributed by atoms with Gasteiger partial charge in [-0.05, 0) is 18.6 Å². The standard InChI is InChI=1S/C13H21N3O4S/c1-15(2)21(18,19)13-7-5-11(20-13)8-14-10-4-6-12(17)16(3)9-10/h5,7,10,14H,4,6,8-9H2,1-3H3. The van der Waals surface area contributed by atoms with Crippen LogP contribution in [-0.4, -0.2) is 57.3 Å². The Labute approximate surface area is 124 Å². The molecule has 1 aliphatic heterocycles. The number of likely N-dealkylation sites (N-methyl/N-ethyl adjacent to an activating group) is 1. The molecule has 1 unspecified atom stereocenters. The Morgan fingerprint density at radius 2 is 2.14 bits per heavy atom. The third-order valence-electron chi connectivity index (χ3n) is 3.56. The number of hydrogen-bond acceptors (Lipinski definition) is 5. The van der Waals surface area contributed by atoms with Crippen molar-refractivity contribution in [1.82, 2.24) is 14.5 Å². The lowest BCUT2D eigenvalue weighted by atomic mass is 10.1. The molecule has 0 saturated carbocycles. The van der Waals surface area contributed by atoms with E-state index in [-0.39, 0.29) is 17.0 Å². The van der Waals surface area contributed by atoms with Crippen LogP contribution >= 0.6 is 0 Å². The highest BCUT2D eigenvalue weighted by atomic mass is 32.2. The van der Waals surface area contributed by atoms with Crippen molar-refractivity contribution in [2.24, 2.45) is 0 Å². The van der Waals surface area contributed by atoms with Gasteiger partial charge in [-0.3, -0.25) is 4.79 Å². The van der Waals surface area contributed by atoms with E-state index in [1.807, 2.05) is 0 Å². The first-order chi connectivity index (χ1) is 9.80. The normalized spacial score (nSPS) is 20.3. The van der Waals surface area contributed by atoms with Gasteiger partial charge in [0.2, 0.25) is 11.0 Å². The minimum absolute atomic E-state index is 0.0553. The summed E-state index contributed by atoms with van der Waals surface area (Å²) in [5, 5.41) is 3.23. The number of likely N-dealkylation sites (tertiary alicyclic amines) is 1. The highest BCUT2D eigenvalue weighted by molar-refractivity contribution is 7.88. The second-order valence-corrected chi connectivity index (χ2v) is 7.48. The number of furan rings is 1. The van der Waals surface area contributed by atoms with Gasteiger partial charge in [0.15, 0.2) is 0 Å². The first-order valence-electron chi connectivity index (χ1n) is 6.79. The SMILES string of the molecule is CN1CC(NCc2ccc(S(=O)(=O)N(C)C)o2)CCC1=O. The van der Waals surface area contributed by atoms with Crippen molar-refractivity contribution in [3.05, 3.63) is 17.9 Å². The fraction of sp³-hybridized carbons (Fsp3) is 0.615. The van der Waals surface area contributed by atoms with Crippen LogP contribution in [0.15, 0.2) is 21.6 Å². The zero-order valence-electron chi connectivity index (χ0n) is 12.5. The van der Waals surface area contributed by atoms with Gasteiger partial charge in [-0.2, -0.15) is 0 Å². The molecule has 0 spiro atoms. The minimum Gasteiger partial charge on any atom is -0.447 e. The van der Waals surface area contributed by atoms with Gasteiger partial charge in [0.1, 0.15) is 5.76 Å². The summed E-state index contributed by atoms with van der Waals surface area (Å²) in [5.74, 6) is 0.723. The van der Waals surface area contributed by atoms with Crippen molar-refractivity contribution in [1.29, 1.82) is 0 Å². The lowest BCUT2D eigenvalue weighted by Crippen LogP contribution is -2.46. The summed E-state index contributed by atoms with van der Waals surface area (Å²) in [5.41, 5.74) is 0. The van der Waals surface area contributed by atoms with Crippen molar-refractivity contribution in [3.8, 4) is 0 Å². The van der Waals surface area contributed by atoms with Crippen LogP contribution in [0.25, 0.3) is 0 Å². The molecule has 1 N–H and O–H groups in total. The third kappa shape index (κ3) is 3.63. The maximum Gasteiger partial charge on any atom is 0.275 e. The van der Waals surface area contributed by atoms with Gasteiger partial charge in [-0.1, -0.05) is 0 Å². The topological polar surface area (TPSA) is 82.9 Å². The third-order valence-corrected chi connectivity index (χ3v) is 5.25. The minimum atomic E-state index is -3.53. The highest BCUT2D eigenvalue weighted by Crippen LogP contribution is 2.17. The summed E-state index contributed by atoms with van der Waals surface area (Å²) in [6, 6.07) is 3.32. The van der Waals surface area contributed by atoms with E-state index in [1.165, 1.54) is 20.2 Å². The molecular formula is C13H21N3O4S. The number of rotatable bonds is 5. The fourth-order valence-corrected chi connectivity index (χ4v) is 3.01. The lowest BCUT2D eigenvalue weighted by molar-refractivity contribution is -0.132. The molecule has 1 aromatic heterocycles. The van der Waals surface area contributed by atoms with E-state index in [9.17, 15) is 13.2 Å².